The molecule has 0 radical (unpaired) electrons. The number of rotatable bonds is 3. The molecule has 0 spiro atoms. The van der Waals surface area contributed by atoms with Gasteiger partial charge in [0.2, 0.25) is 0 Å². The van der Waals surface area contributed by atoms with Crippen LogP contribution in [0.3, 0.4) is 0 Å². The highest BCUT2D eigenvalue weighted by Gasteiger charge is 2.09. The third-order valence-electron chi connectivity index (χ3n) is 2.45. The summed E-state index contributed by atoms with van der Waals surface area (Å²) in [6.45, 7) is 1.67. The number of para-hydroxylation sites is 1. The summed E-state index contributed by atoms with van der Waals surface area (Å²) in [5.74, 6) is -0.344. The number of hydrogen-bond donors (Lipinski definition) is 2. The highest BCUT2D eigenvalue weighted by molar-refractivity contribution is 6.03. The normalized spacial score (nSPS) is 10.1. The van der Waals surface area contributed by atoms with E-state index in [2.05, 4.69) is 15.3 Å². The van der Waals surface area contributed by atoms with Crippen molar-refractivity contribution in [3.8, 4) is 0 Å². The Bertz CT molecular complexity index is 552. The quantitative estimate of drug-likeness (QED) is 0.857. The number of carbonyl (C=O) groups is 1. The Kier molecular flexibility index (Phi) is 3.64. The van der Waals surface area contributed by atoms with Crippen LogP contribution in [0.15, 0.2) is 36.7 Å². The van der Waals surface area contributed by atoms with Crippen LogP contribution in [0.4, 0.5) is 5.69 Å². The molecule has 0 aliphatic heterocycles. The third kappa shape index (κ3) is 2.70. The molecule has 0 aliphatic rings. The molecule has 2 N–H and O–H groups in total. The number of benzene rings is 1. The van der Waals surface area contributed by atoms with Crippen LogP contribution in [-0.2, 0) is 6.61 Å². The number of aliphatic hydroxyl groups excluding tert-OH is 1. The van der Waals surface area contributed by atoms with Gasteiger partial charge in [-0.05, 0) is 13.0 Å². The average Bonchev–Trinajstić information content (AvgIpc) is 2.40. The number of aliphatic hydroxyl groups is 1. The number of hydrogen-bond acceptors (Lipinski definition) is 4. The molecule has 0 bridgehead atoms. The van der Waals surface area contributed by atoms with E-state index in [9.17, 15) is 4.79 Å². The summed E-state index contributed by atoms with van der Waals surface area (Å²) in [6.07, 6.45) is 2.96. The molecule has 0 unspecified atom stereocenters. The molecule has 1 amide bonds. The first-order chi connectivity index (χ1) is 8.70. The van der Waals surface area contributed by atoms with E-state index in [1.165, 1.54) is 12.4 Å². The smallest absolute Gasteiger partial charge is 0.275 e. The van der Waals surface area contributed by atoms with Gasteiger partial charge in [0.15, 0.2) is 0 Å². The van der Waals surface area contributed by atoms with Crippen molar-refractivity contribution >= 4 is 11.6 Å². The molecule has 5 nitrogen and oxygen atoms in total. The Morgan fingerprint density at radius 1 is 1.28 bits per heavy atom. The van der Waals surface area contributed by atoms with E-state index < -0.39 is 0 Å². The summed E-state index contributed by atoms with van der Waals surface area (Å²) in [6, 6.07) is 7.06. The number of aromatic nitrogens is 2. The number of nitrogens with zero attached hydrogens (tertiary/aromatic N) is 2. The molecule has 2 aromatic rings. The van der Waals surface area contributed by atoms with E-state index in [0.29, 0.717) is 11.3 Å². The maximum Gasteiger partial charge on any atom is 0.275 e. The van der Waals surface area contributed by atoms with Crippen molar-refractivity contribution in [2.75, 3.05) is 5.32 Å². The number of aryl methyl sites for hydroxylation is 1. The van der Waals surface area contributed by atoms with Crippen LogP contribution >= 0.6 is 0 Å². The average molecular weight is 243 g/mol. The Balaban J connectivity index is 2.18. The molecule has 5 heteroatoms. The van der Waals surface area contributed by atoms with Crippen LogP contribution in [0.5, 0.6) is 0 Å². The molecule has 0 aliphatic carbocycles. The van der Waals surface area contributed by atoms with Gasteiger partial charge < -0.3 is 10.4 Å². The summed E-state index contributed by atoms with van der Waals surface area (Å²) in [5, 5.41) is 11.9. The zero-order valence-electron chi connectivity index (χ0n) is 9.92. The molecule has 0 saturated heterocycles. The fraction of sp³-hybridized carbons (Fsp3) is 0.154. The van der Waals surface area contributed by atoms with Gasteiger partial charge in [-0.25, -0.2) is 4.98 Å². The minimum absolute atomic E-state index is 0.129. The molecule has 1 aromatic carbocycles. The lowest BCUT2D eigenvalue weighted by molar-refractivity contribution is 0.102. The summed E-state index contributed by atoms with van der Waals surface area (Å²) >= 11 is 0. The Hall–Kier alpha value is -2.27. The Labute approximate surface area is 105 Å². The second kappa shape index (κ2) is 5.37. The van der Waals surface area contributed by atoms with Gasteiger partial charge in [0.05, 0.1) is 18.5 Å². The van der Waals surface area contributed by atoms with E-state index in [-0.39, 0.29) is 18.2 Å². The highest BCUT2D eigenvalue weighted by atomic mass is 16.3. The summed E-state index contributed by atoms with van der Waals surface area (Å²) in [5.41, 5.74) is 2.23. The standard InChI is InChI=1S/C13H13N3O2/c1-9-6-15-12(7-14-9)13(18)16-11-5-3-2-4-10(11)8-17/h2-7,17H,8H2,1H3,(H,16,18). The van der Waals surface area contributed by atoms with Gasteiger partial charge in [-0.1, -0.05) is 18.2 Å². The Morgan fingerprint density at radius 2 is 2.06 bits per heavy atom. The van der Waals surface area contributed by atoms with Crippen molar-refractivity contribution in [3.05, 3.63) is 53.6 Å². The first kappa shape index (κ1) is 12.2. The van der Waals surface area contributed by atoms with Gasteiger partial charge in [-0.3, -0.25) is 9.78 Å². The monoisotopic (exact) mass is 243 g/mol. The van der Waals surface area contributed by atoms with Crippen LogP contribution in [0.25, 0.3) is 0 Å². The van der Waals surface area contributed by atoms with Crippen molar-refractivity contribution in [1.82, 2.24) is 9.97 Å². The van der Waals surface area contributed by atoms with E-state index in [4.69, 9.17) is 5.11 Å². The molecule has 2 rings (SSSR count). The van der Waals surface area contributed by atoms with Crippen LogP contribution < -0.4 is 5.32 Å². The summed E-state index contributed by atoms with van der Waals surface area (Å²) in [4.78, 5) is 19.9. The van der Waals surface area contributed by atoms with Gasteiger partial charge in [0.1, 0.15) is 5.69 Å². The van der Waals surface area contributed by atoms with Gasteiger partial charge >= 0.3 is 0 Å². The largest absolute Gasteiger partial charge is 0.392 e. The van der Waals surface area contributed by atoms with Crippen molar-refractivity contribution in [3.63, 3.8) is 0 Å². The fourth-order valence-electron chi connectivity index (χ4n) is 1.48. The SMILES string of the molecule is Cc1cnc(C(=O)Nc2ccccc2CO)cn1. The summed E-state index contributed by atoms with van der Waals surface area (Å²) < 4.78 is 0. The lowest BCUT2D eigenvalue weighted by Gasteiger charge is -2.08. The van der Waals surface area contributed by atoms with Gasteiger partial charge in [-0.15, -0.1) is 0 Å². The maximum absolute atomic E-state index is 11.9. The molecule has 92 valence electrons. The lowest BCUT2D eigenvalue weighted by Crippen LogP contribution is -2.15. The predicted molar refractivity (Wildman–Crippen MR) is 67.1 cm³/mol. The van der Waals surface area contributed by atoms with Crippen LogP contribution in [0, 0.1) is 6.92 Å². The molecule has 0 atom stereocenters. The molecule has 0 saturated carbocycles. The molecule has 1 aromatic heterocycles. The second-order valence-corrected chi connectivity index (χ2v) is 3.81. The van der Waals surface area contributed by atoms with Crippen LogP contribution in [0.2, 0.25) is 0 Å². The topological polar surface area (TPSA) is 75.1 Å². The van der Waals surface area contributed by atoms with E-state index in [0.717, 1.165) is 5.69 Å². The van der Waals surface area contributed by atoms with E-state index >= 15 is 0 Å². The first-order valence-corrected chi connectivity index (χ1v) is 5.49. The zero-order valence-corrected chi connectivity index (χ0v) is 9.92. The fourth-order valence-corrected chi connectivity index (χ4v) is 1.48. The predicted octanol–water partition coefficient (Wildman–Crippen LogP) is 1.53. The van der Waals surface area contributed by atoms with Crippen LogP contribution in [0.1, 0.15) is 21.7 Å². The zero-order chi connectivity index (χ0) is 13.0. The van der Waals surface area contributed by atoms with Crippen molar-refractivity contribution in [2.24, 2.45) is 0 Å². The van der Waals surface area contributed by atoms with Crippen molar-refractivity contribution in [1.29, 1.82) is 0 Å². The molecule has 18 heavy (non-hydrogen) atoms. The van der Waals surface area contributed by atoms with E-state index in [1.807, 2.05) is 0 Å². The van der Waals surface area contributed by atoms with E-state index in [1.54, 1.807) is 31.2 Å². The Morgan fingerprint density at radius 3 is 2.72 bits per heavy atom. The number of carbonyl (C=O) groups excluding carboxylic acids is 1. The first-order valence-electron chi connectivity index (χ1n) is 5.49. The lowest BCUT2D eigenvalue weighted by atomic mass is 10.2. The second-order valence-electron chi connectivity index (χ2n) is 3.81. The molecule has 1 heterocycles. The maximum atomic E-state index is 11.9. The third-order valence-corrected chi connectivity index (χ3v) is 2.45. The van der Waals surface area contributed by atoms with Crippen molar-refractivity contribution < 1.29 is 9.90 Å². The van der Waals surface area contributed by atoms with Gasteiger partial charge in [0, 0.05) is 17.4 Å². The number of nitrogens with one attached hydrogen (secondary N) is 1. The highest BCUT2D eigenvalue weighted by Crippen LogP contribution is 2.15. The van der Waals surface area contributed by atoms with Gasteiger partial charge in [0.25, 0.3) is 5.91 Å². The summed E-state index contributed by atoms with van der Waals surface area (Å²) in [7, 11) is 0. The van der Waals surface area contributed by atoms with Crippen molar-refractivity contribution in [2.45, 2.75) is 13.5 Å². The molecular weight excluding hydrogens is 230 g/mol. The minimum Gasteiger partial charge on any atom is -0.392 e. The number of anilines is 1. The van der Waals surface area contributed by atoms with Crippen LogP contribution in [-0.4, -0.2) is 21.0 Å². The minimum atomic E-state index is -0.344. The molecular formula is C13H13N3O2. The van der Waals surface area contributed by atoms with Gasteiger partial charge in [-0.2, -0.15) is 0 Å². The number of amides is 1. The molecule has 0 fully saturated rings.